The number of benzene rings is 2. The number of imidazole rings is 2. The molecule has 0 aliphatic carbocycles. The Balaban J connectivity index is 1.68. The number of aryl methyl sites for hydroxylation is 1. The number of pyridine rings is 1. The van der Waals surface area contributed by atoms with Crippen molar-refractivity contribution in [1.82, 2.24) is 24.5 Å². The zero-order chi connectivity index (χ0) is 23.9. The zero-order valence-electron chi connectivity index (χ0n) is 19.3. The van der Waals surface area contributed by atoms with Gasteiger partial charge in [0.05, 0.1) is 52.4 Å². The first-order chi connectivity index (χ1) is 17.1. The van der Waals surface area contributed by atoms with Gasteiger partial charge in [-0.3, -0.25) is 9.55 Å². The summed E-state index contributed by atoms with van der Waals surface area (Å²) in [7, 11) is 0. The second-order valence-electron chi connectivity index (χ2n) is 8.63. The van der Waals surface area contributed by atoms with E-state index in [4.69, 9.17) is 32.9 Å². The van der Waals surface area contributed by atoms with Crippen LogP contribution in [0.4, 0.5) is 5.69 Å². The number of para-hydroxylation sites is 1. The molecule has 6 rings (SSSR count). The maximum Gasteiger partial charge on any atom is 0.200 e. The normalized spacial score (nSPS) is 14.3. The van der Waals surface area contributed by atoms with Crippen LogP contribution in [-0.4, -0.2) is 50.8 Å². The molecule has 0 bridgehead atoms. The first-order valence-electron chi connectivity index (χ1n) is 11.8. The van der Waals surface area contributed by atoms with E-state index in [0.29, 0.717) is 23.5 Å². The van der Waals surface area contributed by atoms with Crippen LogP contribution < -0.4 is 4.90 Å². The average Bonchev–Trinajstić information content (AvgIpc) is 3.47. The SMILES string of the molecule is CCCc1nc2c(-c3cnc(Cl)[nH]3)cc(N3CCOCC3)cc2n1-c1ccnc2c(Cl)cccc12. The van der Waals surface area contributed by atoms with Crippen LogP contribution in [0.15, 0.2) is 48.8 Å². The van der Waals surface area contributed by atoms with E-state index in [-0.39, 0.29) is 0 Å². The number of halogens is 2. The Bertz CT molecular complexity index is 1540. The molecule has 1 saturated heterocycles. The smallest absolute Gasteiger partial charge is 0.200 e. The number of aromatic nitrogens is 5. The van der Waals surface area contributed by atoms with E-state index in [1.54, 1.807) is 6.20 Å². The molecule has 3 aromatic heterocycles. The van der Waals surface area contributed by atoms with Gasteiger partial charge in [0.2, 0.25) is 0 Å². The maximum atomic E-state index is 6.51. The van der Waals surface area contributed by atoms with E-state index in [0.717, 1.165) is 76.3 Å². The second kappa shape index (κ2) is 9.15. The van der Waals surface area contributed by atoms with Crippen LogP contribution >= 0.6 is 23.2 Å². The van der Waals surface area contributed by atoms with Crippen molar-refractivity contribution in [2.75, 3.05) is 31.2 Å². The van der Waals surface area contributed by atoms with Crippen LogP contribution in [0.2, 0.25) is 10.3 Å². The number of morpholine rings is 1. The molecule has 1 fully saturated rings. The first kappa shape index (κ1) is 22.3. The summed E-state index contributed by atoms with van der Waals surface area (Å²) in [6.45, 7) is 5.24. The summed E-state index contributed by atoms with van der Waals surface area (Å²) in [5.41, 5.74) is 6.63. The van der Waals surface area contributed by atoms with Crippen molar-refractivity contribution in [2.45, 2.75) is 19.8 Å². The molecule has 0 atom stereocenters. The van der Waals surface area contributed by atoms with E-state index >= 15 is 0 Å². The van der Waals surface area contributed by atoms with Crippen molar-refractivity contribution >= 4 is 50.8 Å². The van der Waals surface area contributed by atoms with E-state index < -0.39 is 0 Å². The second-order valence-corrected chi connectivity index (χ2v) is 9.39. The summed E-state index contributed by atoms with van der Waals surface area (Å²) in [6, 6.07) is 12.3. The van der Waals surface area contributed by atoms with Crippen LogP contribution in [0.3, 0.4) is 0 Å². The topological polar surface area (TPSA) is 71.9 Å². The van der Waals surface area contributed by atoms with E-state index in [1.165, 1.54) is 0 Å². The molecule has 178 valence electrons. The van der Waals surface area contributed by atoms with Crippen LogP contribution in [0, 0.1) is 0 Å². The molecule has 0 radical (unpaired) electrons. The minimum Gasteiger partial charge on any atom is -0.378 e. The number of nitrogens with one attached hydrogen (secondary N) is 1. The van der Waals surface area contributed by atoms with Crippen LogP contribution in [0.25, 0.3) is 38.9 Å². The number of rotatable bonds is 5. The van der Waals surface area contributed by atoms with Gasteiger partial charge in [0.1, 0.15) is 5.82 Å². The fourth-order valence-electron chi connectivity index (χ4n) is 4.83. The highest BCUT2D eigenvalue weighted by Crippen LogP contribution is 2.37. The molecule has 1 N–H and O–H groups in total. The summed E-state index contributed by atoms with van der Waals surface area (Å²) in [5.74, 6) is 0.987. The molecule has 4 heterocycles. The molecule has 7 nitrogen and oxygen atoms in total. The number of fused-ring (bicyclic) bond motifs is 2. The van der Waals surface area contributed by atoms with Crippen molar-refractivity contribution in [3.63, 3.8) is 0 Å². The highest BCUT2D eigenvalue weighted by Gasteiger charge is 2.22. The van der Waals surface area contributed by atoms with E-state index in [2.05, 4.69) is 49.5 Å². The lowest BCUT2D eigenvalue weighted by atomic mass is 10.1. The third-order valence-electron chi connectivity index (χ3n) is 6.44. The third kappa shape index (κ3) is 3.93. The Labute approximate surface area is 212 Å². The average molecular weight is 507 g/mol. The largest absolute Gasteiger partial charge is 0.378 e. The van der Waals surface area contributed by atoms with Crippen LogP contribution in [0.1, 0.15) is 19.2 Å². The Hall–Kier alpha value is -3.13. The molecule has 0 spiro atoms. The lowest BCUT2D eigenvalue weighted by Gasteiger charge is -2.29. The van der Waals surface area contributed by atoms with Crippen molar-refractivity contribution in [3.8, 4) is 16.9 Å². The van der Waals surface area contributed by atoms with Gasteiger partial charge in [0, 0.05) is 42.3 Å². The predicted octanol–water partition coefficient (Wildman–Crippen LogP) is 6.06. The molecule has 0 amide bonds. The molecule has 0 unspecified atom stereocenters. The van der Waals surface area contributed by atoms with Crippen LogP contribution in [0.5, 0.6) is 0 Å². The number of hydrogen-bond donors (Lipinski definition) is 1. The fourth-order valence-corrected chi connectivity index (χ4v) is 5.21. The summed E-state index contributed by atoms with van der Waals surface area (Å²) in [4.78, 5) is 19.5. The van der Waals surface area contributed by atoms with Gasteiger partial charge >= 0.3 is 0 Å². The van der Waals surface area contributed by atoms with E-state index in [1.807, 2.05) is 24.4 Å². The Kier molecular flexibility index (Phi) is 5.84. The Morgan fingerprint density at radius 3 is 2.69 bits per heavy atom. The van der Waals surface area contributed by atoms with Gasteiger partial charge in [-0.15, -0.1) is 0 Å². The first-order valence-corrected chi connectivity index (χ1v) is 12.5. The monoisotopic (exact) mass is 506 g/mol. The van der Waals surface area contributed by atoms with Gasteiger partial charge in [-0.2, -0.15) is 0 Å². The minimum atomic E-state index is 0.355. The Morgan fingerprint density at radius 2 is 1.91 bits per heavy atom. The quantitative estimate of drug-likeness (QED) is 0.313. The van der Waals surface area contributed by atoms with Crippen molar-refractivity contribution < 1.29 is 4.74 Å². The summed E-state index contributed by atoms with van der Waals surface area (Å²) >= 11 is 12.7. The summed E-state index contributed by atoms with van der Waals surface area (Å²) < 4.78 is 7.86. The van der Waals surface area contributed by atoms with E-state index in [9.17, 15) is 0 Å². The fraction of sp³-hybridized carbons (Fsp3) is 0.269. The van der Waals surface area contributed by atoms with Gasteiger partial charge in [-0.05, 0) is 42.3 Å². The molecule has 1 aliphatic rings. The molecular formula is C26H24Cl2N6O. The van der Waals surface area contributed by atoms with Gasteiger partial charge in [0.15, 0.2) is 5.28 Å². The van der Waals surface area contributed by atoms with Gasteiger partial charge in [0.25, 0.3) is 0 Å². The van der Waals surface area contributed by atoms with Crippen molar-refractivity contribution in [3.05, 3.63) is 64.9 Å². The molecule has 35 heavy (non-hydrogen) atoms. The highest BCUT2D eigenvalue weighted by atomic mass is 35.5. The number of H-pyrrole nitrogens is 1. The number of ether oxygens (including phenoxy) is 1. The Morgan fingerprint density at radius 1 is 1.06 bits per heavy atom. The molecule has 1 aliphatic heterocycles. The molecular weight excluding hydrogens is 483 g/mol. The third-order valence-corrected chi connectivity index (χ3v) is 6.94. The predicted molar refractivity (Wildman–Crippen MR) is 141 cm³/mol. The maximum absolute atomic E-state index is 6.51. The summed E-state index contributed by atoms with van der Waals surface area (Å²) in [5, 5.41) is 1.97. The van der Waals surface area contributed by atoms with Crippen molar-refractivity contribution in [1.29, 1.82) is 0 Å². The molecule has 2 aromatic carbocycles. The summed E-state index contributed by atoms with van der Waals surface area (Å²) in [6.07, 6.45) is 5.37. The lowest BCUT2D eigenvalue weighted by Crippen LogP contribution is -2.36. The van der Waals surface area contributed by atoms with Gasteiger partial charge < -0.3 is 14.6 Å². The molecule has 0 saturated carbocycles. The number of nitrogens with zero attached hydrogens (tertiary/aromatic N) is 5. The number of aromatic amines is 1. The number of hydrogen-bond acceptors (Lipinski definition) is 5. The zero-order valence-corrected chi connectivity index (χ0v) is 20.8. The highest BCUT2D eigenvalue weighted by molar-refractivity contribution is 6.35. The molecule has 9 heteroatoms. The number of anilines is 1. The van der Waals surface area contributed by atoms with Gasteiger partial charge in [-0.1, -0.05) is 30.7 Å². The van der Waals surface area contributed by atoms with Crippen LogP contribution in [-0.2, 0) is 11.2 Å². The lowest BCUT2D eigenvalue weighted by molar-refractivity contribution is 0.122. The minimum absolute atomic E-state index is 0.355. The standard InChI is InChI=1S/C26H24Cl2N6O/c1-2-4-23-32-25-18(20-15-30-26(28)31-20)13-16(33-9-11-35-12-10-33)14-22(25)34(23)21-7-8-29-24-17(21)5-3-6-19(24)27/h3,5-8,13-15H,2,4,9-12H2,1H3,(H,30,31). The van der Waals surface area contributed by atoms with Gasteiger partial charge in [-0.25, -0.2) is 9.97 Å². The van der Waals surface area contributed by atoms with Crippen molar-refractivity contribution in [2.24, 2.45) is 0 Å². The molecule has 5 aromatic rings.